The number of phenolic OH excluding ortho intramolecular Hbond substituents is 1. The second-order valence-electron chi connectivity index (χ2n) is 4.83. The predicted octanol–water partition coefficient (Wildman–Crippen LogP) is 3.02. The van der Waals surface area contributed by atoms with Crippen molar-refractivity contribution in [2.24, 2.45) is 0 Å². The van der Waals surface area contributed by atoms with Gasteiger partial charge in [0.05, 0.1) is 6.61 Å². The molecule has 0 aliphatic rings. The van der Waals surface area contributed by atoms with Crippen molar-refractivity contribution in [3.05, 3.63) is 52.2 Å². The lowest BCUT2D eigenvalue weighted by molar-refractivity contribution is -0.151. The van der Waals surface area contributed by atoms with Gasteiger partial charge in [-0.3, -0.25) is 5.32 Å². The number of hydrogen-bond acceptors (Lipinski definition) is 5. The fourth-order valence-corrected chi connectivity index (χ4v) is 2.68. The minimum Gasteiger partial charge on any atom is -0.508 e. The molecule has 0 amide bonds. The largest absolute Gasteiger partial charge is 0.508 e. The van der Waals surface area contributed by atoms with Crippen LogP contribution >= 0.6 is 11.3 Å². The van der Waals surface area contributed by atoms with Gasteiger partial charge < -0.3 is 9.84 Å². The van der Waals surface area contributed by atoms with Gasteiger partial charge in [0.15, 0.2) is 0 Å². The number of benzene rings is 1. The van der Waals surface area contributed by atoms with Crippen molar-refractivity contribution in [3.63, 3.8) is 0 Å². The zero-order chi connectivity index (χ0) is 15.3. The van der Waals surface area contributed by atoms with E-state index < -0.39 is 5.54 Å². The second-order valence-corrected chi connectivity index (χ2v) is 5.86. The van der Waals surface area contributed by atoms with Gasteiger partial charge in [0, 0.05) is 11.4 Å². The minimum atomic E-state index is -0.951. The summed E-state index contributed by atoms with van der Waals surface area (Å²) in [6.07, 6.45) is 0. The molecule has 0 saturated heterocycles. The lowest BCUT2D eigenvalue weighted by Crippen LogP contribution is -2.47. The summed E-state index contributed by atoms with van der Waals surface area (Å²) in [5.74, 6) is -0.157. The number of hydrogen-bond donors (Lipinski definition) is 2. The number of esters is 1. The number of aromatic hydroxyl groups is 1. The third-order valence-corrected chi connectivity index (χ3v) is 4.20. The van der Waals surface area contributed by atoms with Gasteiger partial charge in [-0.25, -0.2) is 4.79 Å². The van der Waals surface area contributed by atoms with Crippen molar-refractivity contribution in [1.29, 1.82) is 0 Å². The first kappa shape index (κ1) is 15.5. The monoisotopic (exact) mass is 305 g/mol. The van der Waals surface area contributed by atoms with Gasteiger partial charge in [-0.15, -0.1) is 11.3 Å². The number of phenols is 1. The predicted molar refractivity (Wildman–Crippen MR) is 83.3 cm³/mol. The Kier molecular flexibility index (Phi) is 4.98. The van der Waals surface area contributed by atoms with E-state index in [-0.39, 0.29) is 11.7 Å². The Labute approximate surface area is 128 Å². The maximum absolute atomic E-state index is 12.4. The molecule has 4 nitrogen and oxygen atoms in total. The number of thiophene rings is 1. The number of nitrogens with one attached hydrogen (secondary N) is 1. The highest BCUT2D eigenvalue weighted by Gasteiger charge is 2.36. The van der Waals surface area contributed by atoms with E-state index in [1.165, 1.54) is 0 Å². The molecular weight excluding hydrogens is 286 g/mol. The molecule has 5 heteroatoms. The molecule has 21 heavy (non-hydrogen) atoms. The van der Waals surface area contributed by atoms with E-state index in [1.54, 1.807) is 49.4 Å². The average Bonchev–Trinajstić information content (AvgIpc) is 2.99. The van der Waals surface area contributed by atoms with Crippen LogP contribution in [0.5, 0.6) is 5.75 Å². The molecule has 2 aromatic rings. The Morgan fingerprint density at radius 3 is 2.62 bits per heavy atom. The van der Waals surface area contributed by atoms with Crippen LogP contribution in [0.1, 0.15) is 24.3 Å². The minimum absolute atomic E-state index is 0.170. The van der Waals surface area contributed by atoms with Gasteiger partial charge in [-0.1, -0.05) is 18.2 Å². The van der Waals surface area contributed by atoms with Gasteiger partial charge in [0.2, 0.25) is 0 Å². The molecule has 0 saturated carbocycles. The number of carbonyl (C=O) groups excluding carboxylic acids is 1. The van der Waals surface area contributed by atoms with Gasteiger partial charge >= 0.3 is 5.97 Å². The van der Waals surface area contributed by atoms with Crippen molar-refractivity contribution < 1.29 is 14.6 Å². The second kappa shape index (κ2) is 6.74. The Hall–Kier alpha value is -1.85. The number of rotatable bonds is 6. The summed E-state index contributed by atoms with van der Waals surface area (Å²) >= 11 is 1.63. The number of carbonyl (C=O) groups is 1. The SMILES string of the molecule is CCOC(=O)C(C)(NCc1cccs1)c1ccc(O)cc1. The Bertz CT molecular complexity index is 580. The normalized spacial score (nSPS) is 13.6. The molecule has 1 atom stereocenters. The van der Waals surface area contributed by atoms with E-state index in [9.17, 15) is 9.90 Å². The lowest BCUT2D eigenvalue weighted by Gasteiger charge is -2.29. The molecule has 2 N–H and O–H groups in total. The highest BCUT2D eigenvalue weighted by molar-refractivity contribution is 7.09. The van der Waals surface area contributed by atoms with E-state index in [4.69, 9.17) is 4.74 Å². The Balaban J connectivity index is 2.24. The molecule has 0 fully saturated rings. The Morgan fingerprint density at radius 1 is 1.33 bits per heavy atom. The summed E-state index contributed by atoms with van der Waals surface area (Å²) in [5.41, 5.74) is -0.191. The average molecular weight is 305 g/mol. The molecule has 1 aromatic heterocycles. The third-order valence-electron chi connectivity index (χ3n) is 3.32. The van der Waals surface area contributed by atoms with Gasteiger partial charge in [-0.2, -0.15) is 0 Å². The summed E-state index contributed by atoms with van der Waals surface area (Å²) in [6.45, 7) is 4.49. The van der Waals surface area contributed by atoms with Crippen LogP contribution in [0, 0.1) is 0 Å². The molecular formula is C16H19NO3S. The molecule has 0 spiro atoms. The van der Waals surface area contributed by atoms with Crippen molar-refractivity contribution in [3.8, 4) is 5.75 Å². The van der Waals surface area contributed by atoms with Gasteiger partial charge in [-0.05, 0) is 43.0 Å². The quantitative estimate of drug-likeness (QED) is 0.806. The van der Waals surface area contributed by atoms with E-state index in [2.05, 4.69) is 5.32 Å². The van der Waals surface area contributed by atoms with Crippen LogP contribution in [0.2, 0.25) is 0 Å². The van der Waals surface area contributed by atoms with E-state index in [0.717, 1.165) is 10.4 Å². The number of ether oxygens (including phenoxy) is 1. The van der Waals surface area contributed by atoms with Gasteiger partial charge in [0.1, 0.15) is 11.3 Å². The molecule has 0 radical (unpaired) electrons. The summed E-state index contributed by atoms with van der Waals surface area (Å²) in [4.78, 5) is 13.5. The molecule has 0 bridgehead atoms. The fraction of sp³-hybridized carbons (Fsp3) is 0.312. The summed E-state index contributed by atoms with van der Waals surface area (Å²) < 4.78 is 5.20. The van der Waals surface area contributed by atoms with Crippen LogP contribution in [-0.2, 0) is 21.6 Å². The molecule has 1 unspecified atom stereocenters. The van der Waals surface area contributed by atoms with E-state index in [1.807, 2.05) is 17.5 Å². The highest BCUT2D eigenvalue weighted by Crippen LogP contribution is 2.25. The fourth-order valence-electron chi connectivity index (χ4n) is 2.04. The molecule has 2 rings (SSSR count). The Morgan fingerprint density at radius 2 is 2.05 bits per heavy atom. The first-order valence-corrected chi connectivity index (χ1v) is 7.68. The summed E-state index contributed by atoms with van der Waals surface area (Å²) in [5, 5.41) is 14.7. The zero-order valence-electron chi connectivity index (χ0n) is 12.1. The van der Waals surface area contributed by atoms with Gasteiger partial charge in [0.25, 0.3) is 0 Å². The molecule has 1 aromatic carbocycles. The van der Waals surface area contributed by atoms with E-state index in [0.29, 0.717) is 13.2 Å². The van der Waals surface area contributed by atoms with Crippen LogP contribution < -0.4 is 5.32 Å². The zero-order valence-corrected chi connectivity index (χ0v) is 12.9. The lowest BCUT2D eigenvalue weighted by atomic mass is 9.91. The van der Waals surface area contributed by atoms with Crippen molar-refractivity contribution >= 4 is 17.3 Å². The maximum atomic E-state index is 12.4. The third kappa shape index (κ3) is 3.62. The van der Waals surface area contributed by atoms with E-state index >= 15 is 0 Å². The summed E-state index contributed by atoms with van der Waals surface area (Å²) in [7, 11) is 0. The summed E-state index contributed by atoms with van der Waals surface area (Å²) in [6, 6.07) is 10.6. The first-order chi connectivity index (χ1) is 10.1. The van der Waals surface area contributed by atoms with Crippen LogP contribution in [0.15, 0.2) is 41.8 Å². The first-order valence-electron chi connectivity index (χ1n) is 6.80. The highest BCUT2D eigenvalue weighted by atomic mass is 32.1. The van der Waals surface area contributed by atoms with Crippen molar-refractivity contribution in [2.45, 2.75) is 25.9 Å². The smallest absolute Gasteiger partial charge is 0.330 e. The maximum Gasteiger partial charge on any atom is 0.330 e. The standard InChI is InChI=1S/C16H19NO3S/c1-3-20-15(19)16(2,12-6-8-13(18)9-7-12)17-11-14-5-4-10-21-14/h4-10,17-18H,3,11H2,1-2H3. The van der Waals surface area contributed by atoms with Crippen molar-refractivity contribution in [1.82, 2.24) is 5.32 Å². The molecule has 0 aliphatic carbocycles. The molecule has 0 aliphatic heterocycles. The van der Waals surface area contributed by atoms with Crippen LogP contribution in [-0.4, -0.2) is 17.7 Å². The van der Waals surface area contributed by atoms with Crippen LogP contribution in [0.3, 0.4) is 0 Å². The molecule has 112 valence electrons. The van der Waals surface area contributed by atoms with Crippen LogP contribution in [0.25, 0.3) is 0 Å². The molecule has 1 heterocycles. The van der Waals surface area contributed by atoms with Crippen molar-refractivity contribution in [2.75, 3.05) is 6.61 Å². The van der Waals surface area contributed by atoms with Crippen LogP contribution in [0.4, 0.5) is 0 Å². The topological polar surface area (TPSA) is 58.6 Å².